The van der Waals surface area contributed by atoms with Crippen LogP contribution in [-0.4, -0.2) is 23.7 Å². The van der Waals surface area contributed by atoms with Gasteiger partial charge in [-0.15, -0.1) is 0 Å². The van der Waals surface area contributed by atoms with Crippen LogP contribution in [0.15, 0.2) is 22.7 Å². The molecule has 1 aromatic rings. The number of hydrogen-bond donors (Lipinski definition) is 1. The van der Waals surface area contributed by atoms with Crippen molar-refractivity contribution in [3.63, 3.8) is 0 Å². The zero-order valence-corrected chi connectivity index (χ0v) is 9.99. The summed E-state index contributed by atoms with van der Waals surface area (Å²) < 4.78 is 0.856. The number of anilines is 1. The first-order valence-electron chi connectivity index (χ1n) is 4.89. The highest BCUT2D eigenvalue weighted by Crippen LogP contribution is 2.33. The van der Waals surface area contributed by atoms with Crippen LogP contribution >= 0.6 is 15.9 Å². The van der Waals surface area contributed by atoms with Crippen LogP contribution in [0.4, 0.5) is 5.69 Å². The van der Waals surface area contributed by atoms with Crippen LogP contribution in [0.3, 0.4) is 0 Å². The van der Waals surface area contributed by atoms with Gasteiger partial charge in [0.05, 0.1) is 11.3 Å². The summed E-state index contributed by atoms with van der Waals surface area (Å²) in [4.78, 5) is 13.0. The van der Waals surface area contributed by atoms with Gasteiger partial charge < -0.3 is 10.0 Å². The quantitative estimate of drug-likeness (QED) is 0.898. The van der Waals surface area contributed by atoms with E-state index in [0.717, 1.165) is 16.7 Å². The van der Waals surface area contributed by atoms with Crippen molar-refractivity contribution in [3.8, 4) is 0 Å². The normalized spacial score (nSPS) is 19.9. The van der Waals surface area contributed by atoms with Crippen molar-refractivity contribution in [3.05, 3.63) is 28.2 Å². The van der Waals surface area contributed by atoms with E-state index in [0.29, 0.717) is 11.6 Å². The molecule has 80 valence electrons. The molecule has 0 radical (unpaired) electrons. The third-order valence-corrected chi connectivity index (χ3v) is 3.46. The van der Waals surface area contributed by atoms with E-state index >= 15 is 0 Å². The molecule has 1 atom stereocenters. The first-order valence-corrected chi connectivity index (χ1v) is 5.68. The van der Waals surface area contributed by atoms with E-state index in [4.69, 9.17) is 5.11 Å². The minimum absolute atomic E-state index is 0.318. The topological polar surface area (TPSA) is 40.5 Å². The third kappa shape index (κ3) is 1.86. The Hall–Kier alpha value is -1.03. The van der Waals surface area contributed by atoms with E-state index in [1.807, 2.05) is 6.07 Å². The number of carboxylic acids is 1. The van der Waals surface area contributed by atoms with Gasteiger partial charge in [0.25, 0.3) is 0 Å². The summed E-state index contributed by atoms with van der Waals surface area (Å²) in [5, 5.41) is 8.83. The van der Waals surface area contributed by atoms with E-state index < -0.39 is 5.97 Å². The van der Waals surface area contributed by atoms with Crippen molar-refractivity contribution in [2.45, 2.75) is 19.4 Å². The summed E-state index contributed by atoms with van der Waals surface area (Å²) in [7, 11) is 0. The van der Waals surface area contributed by atoms with Gasteiger partial charge >= 0.3 is 5.97 Å². The molecular weight excluding hydrogens is 258 g/mol. The average Bonchev–Trinajstić information content (AvgIpc) is 2.18. The molecule has 0 spiro atoms. The lowest BCUT2D eigenvalue weighted by atomic mass is 10.0. The number of carboxylic acid groups (broad SMARTS) is 1. The lowest BCUT2D eigenvalue weighted by Crippen LogP contribution is -2.45. The Balaban J connectivity index is 2.30. The molecule has 4 heteroatoms. The van der Waals surface area contributed by atoms with Gasteiger partial charge in [0.15, 0.2) is 0 Å². The van der Waals surface area contributed by atoms with Crippen molar-refractivity contribution in [2.75, 3.05) is 11.4 Å². The van der Waals surface area contributed by atoms with Crippen LogP contribution in [0.1, 0.15) is 23.7 Å². The van der Waals surface area contributed by atoms with Gasteiger partial charge in [0.1, 0.15) is 0 Å². The lowest BCUT2D eigenvalue weighted by molar-refractivity contribution is 0.0697. The van der Waals surface area contributed by atoms with Crippen LogP contribution in [0.2, 0.25) is 0 Å². The number of benzene rings is 1. The molecule has 1 unspecified atom stereocenters. The fraction of sp³-hybridized carbons (Fsp3) is 0.364. The molecule has 3 nitrogen and oxygen atoms in total. The Morgan fingerprint density at radius 1 is 1.60 bits per heavy atom. The van der Waals surface area contributed by atoms with Crippen molar-refractivity contribution < 1.29 is 9.90 Å². The minimum Gasteiger partial charge on any atom is -0.478 e. The molecule has 2 rings (SSSR count). The fourth-order valence-electron chi connectivity index (χ4n) is 1.75. The highest BCUT2D eigenvalue weighted by Gasteiger charge is 2.25. The van der Waals surface area contributed by atoms with Crippen LogP contribution in [0, 0.1) is 0 Å². The molecule has 0 aromatic heterocycles. The van der Waals surface area contributed by atoms with Gasteiger partial charge in [-0.2, -0.15) is 0 Å². The van der Waals surface area contributed by atoms with Crippen LogP contribution in [0.5, 0.6) is 0 Å². The second kappa shape index (κ2) is 3.85. The minimum atomic E-state index is -0.890. The van der Waals surface area contributed by atoms with Crippen molar-refractivity contribution in [1.29, 1.82) is 0 Å². The summed E-state index contributed by atoms with van der Waals surface area (Å²) in [6, 6.07) is 5.72. The van der Waals surface area contributed by atoms with Crippen molar-refractivity contribution in [2.24, 2.45) is 0 Å². The second-order valence-electron chi connectivity index (χ2n) is 3.80. The highest BCUT2D eigenvalue weighted by atomic mass is 79.9. The summed E-state index contributed by atoms with van der Waals surface area (Å²) in [6.07, 6.45) is 1.20. The Labute approximate surface area is 96.8 Å². The zero-order valence-electron chi connectivity index (χ0n) is 8.40. The second-order valence-corrected chi connectivity index (χ2v) is 4.66. The molecule has 0 saturated carbocycles. The third-order valence-electron chi connectivity index (χ3n) is 2.82. The predicted octanol–water partition coefficient (Wildman–Crippen LogP) is 2.75. The summed E-state index contributed by atoms with van der Waals surface area (Å²) in [5.41, 5.74) is 1.40. The zero-order chi connectivity index (χ0) is 11.0. The first-order chi connectivity index (χ1) is 7.09. The number of rotatable bonds is 2. The molecule has 0 amide bonds. The molecule has 1 N–H and O–H groups in total. The van der Waals surface area contributed by atoms with E-state index in [2.05, 4.69) is 27.8 Å². The molecule has 1 heterocycles. The molecule has 1 aliphatic heterocycles. The number of hydrogen-bond acceptors (Lipinski definition) is 2. The summed E-state index contributed by atoms with van der Waals surface area (Å²) in [5.74, 6) is -0.890. The largest absolute Gasteiger partial charge is 0.478 e. The van der Waals surface area contributed by atoms with E-state index in [-0.39, 0.29) is 0 Å². The number of aromatic carboxylic acids is 1. The Kier molecular flexibility index (Phi) is 2.69. The molecule has 1 aliphatic rings. The number of nitrogens with zero attached hydrogens (tertiary/aromatic N) is 1. The smallest absolute Gasteiger partial charge is 0.335 e. The van der Waals surface area contributed by atoms with E-state index in [1.54, 1.807) is 12.1 Å². The molecule has 0 bridgehead atoms. The van der Waals surface area contributed by atoms with Gasteiger partial charge in [0.2, 0.25) is 0 Å². The molecule has 1 aromatic carbocycles. The Bertz CT molecular complexity index is 406. The maximum atomic E-state index is 10.7. The highest BCUT2D eigenvalue weighted by molar-refractivity contribution is 9.10. The maximum Gasteiger partial charge on any atom is 0.335 e. The monoisotopic (exact) mass is 269 g/mol. The number of halogens is 1. The Morgan fingerprint density at radius 3 is 2.73 bits per heavy atom. The lowest BCUT2D eigenvalue weighted by Gasteiger charge is -2.41. The van der Waals surface area contributed by atoms with Crippen molar-refractivity contribution >= 4 is 27.6 Å². The SMILES string of the molecule is CC1CCN1c1ccc(C(=O)O)cc1Br. The van der Waals surface area contributed by atoms with Gasteiger partial charge in [-0.3, -0.25) is 0 Å². The predicted molar refractivity (Wildman–Crippen MR) is 62.5 cm³/mol. The average molecular weight is 270 g/mol. The van der Waals surface area contributed by atoms with Gasteiger partial charge in [-0.25, -0.2) is 4.79 Å². The summed E-state index contributed by atoms with van der Waals surface area (Å²) in [6.45, 7) is 3.22. The van der Waals surface area contributed by atoms with E-state index in [1.165, 1.54) is 6.42 Å². The van der Waals surface area contributed by atoms with E-state index in [9.17, 15) is 4.79 Å². The van der Waals surface area contributed by atoms with Gasteiger partial charge in [0, 0.05) is 17.1 Å². The molecule has 15 heavy (non-hydrogen) atoms. The molecule has 0 aliphatic carbocycles. The molecule has 1 fully saturated rings. The van der Waals surface area contributed by atoms with Gasteiger partial charge in [-0.05, 0) is 47.5 Å². The van der Waals surface area contributed by atoms with Crippen LogP contribution in [0.25, 0.3) is 0 Å². The number of carbonyl (C=O) groups is 1. The molecule has 1 saturated heterocycles. The van der Waals surface area contributed by atoms with Crippen LogP contribution < -0.4 is 4.90 Å². The van der Waals surface area contributed by atoms with Crippen LogP contribution in [-0.2, 0) is 0 Å². The maximum absolute atomic E-state index is 10.7. The fourth-order valence-corrected chi connectivity index (χ4v) is 2.35. The summed E-state index contributed by atoms with van der Waals surface area (Å²) >= 11 is 3.41. The Morgan fingerprint density at radius 2 is 2.33 bits per heavy atom. The van der Waals surface area contributed by atoms with Gasteiger partial charge in [-0.1, -0.05) is 0 Å². The standard InChI is InChI=1S/C11H12BrNO2/c1-7-4-5-13(7)10-3-2-8(11(14)15)6-9(10)12/h2-3,6-7H,4-5H2,1H3,(H,14,15). The van der Waals surface area contributed by atoms with Crippen molar-refractivity contribution in [1.82, 2.24) is 0 Å². The first kappa shape index (κ1) is 10.5. The molecular formula is C11H12BrNO2.